The van der Waals surface area contributed by atoms with Gasteiger partial charge in [0.15, 0.2) is 0 Å². The number of aryl methyl sites for hydroxylation is 2. The predicted octanol–water partition coefficient (Wildman–Crippen LogP) is 2.71. The summed E-state index contributed by atoms with van der Waals surface area (Å²) >= 11 is 0. The minimum atomic E-state index is -1.46. The second-order valence-electron chi connectivity index (χ2n) is 4.94. The number of hydrogen-bond donors (Lipinski definition) is 1. The fourth-order valence-electron chi connectivity index (χ4n) is 1.89. The highest BCUT2D eigenvalue weighted by Crippen LogP contribution is 2.18. The van der Waals surface area contributed by atoms with Crippen molar-refractivity contribution in [2.75, 3.05) is 5.32 Å². The molecule has 0 saturated heterocycles. The van der Waals surface area contributed by atoms with E-state index in [9.17, 15) is 13.4 Å². The first-order chi connectivity index (χ1) is 10.4. The lowest BCUT2D eigenvalue weighted by atomic mass is 10.2. The predicted molar refractivity (Wildman–Crippen MR) is 82.3 cm³/mol. The number of rotatable bonds is 5. The van der Waals surface area contributed by atoms with Crippen LogP contribution in [0.4, 0.5) is 10.1 Å². The maximum absolute atomic E-state index is 13.5. The molecule has 0 aliphatic rings. The Hall–Kier alpha value is -2.02. The number of anilines is 1. The van der Waals surface area contributed by atoms with Gasteiger partial charge in [0.1, 0.15) is 16.8 Å². The highest BCUT2D eigenvalue weighted by molar-refractivity contribution is 7.85. The lowest BCUT2D eigenvalue weighted by molar-refractivity contribution is -0.115. The van der Waals surface area contributed by atoms with Crippen molar-refractivity contribution in [1.82, 2.24) is 5.16 Å². The zero-order valence-electron chi connectivity index (χ0n) is 12.6. The summed E-state index contributed by atoms with van der Waals surface area (Å²) in [5, 5.41) is 5.46. The summed E-state index contributed by atoms with van der Waals surface area (Å²) in [6.07, 6.45) is 0. The first-order valence-corrected chi connectivity index (χ1v) is 8.12. The zero-order valence-corrected chi connectivity index (χ0v) is 13.4. The quantitative estimate of drug-likeness (QED) is 0.918. The third-order valence-electron chi connectivity index (χ3n) is 3.36. The smallest absolute Gasteiger partial charge is 0.239 e. The molecular formula is C15H17FN2O3S. The highest BCUT2D eigenvalue weighted by atomic mass is 32.2. The third-order valence-corrected chi connectivity index (χ3v) is 4.94. The summed E-state index contributed by atoms with van der Waals surface area (Å²) in [6, 6.07) is 5.85. The normalized spacial score (nSPS) is 13.6. The Morgan fingerprint density at radius 2 is 2.09 bits per heavy atom. The molecule has 22 heavy (non-hydrogen) atoms. The van der Waals surface area contributed by atoms with Gasteiger partial charge in [-0.3, -0.25) is 9.00 Å². The molecule has 2 atom stereocenters. The van der Waals surface area contributed by atoms with Gasteiger partial charge in [0.25, 0.3) is 0 Å². The van der Waals surface area contributed by atoms with Crippen molar-refractivity contribution < 1.29 is 17.9 Å². The number of nitrogens with one attached hydrogen (secondary N) is 1. The summed E-state index contributed by atoms with van der Waals surface area (Å²) < 4.78 is 30.8. The fraction of sp³-hybridized carbons (Fsp3) is 0.333. The van der Waals surface area contributed by atoms with Crippen molar-refractivity contribution in [2.24, 2.45) is 0 Å². The average molecular weight is 324 g/mol. The topological polar surface area (TPSA) is 72.2 Å². The first-order valence-electron chi connectivity index (χ1n) is 6.74. The van der Waals surface area contributed by atoms with E-state index >= 15 is 0 Å². The van der Waals surface area contributed by atoms with Crippen LogP contribution in [0.25, 0.3) is 0 Å². The van der Waals surface area contributed by atoms with Crippen LogP contribution in [0, 0.1) is 19.7 Å². The van der Waals surface area contributed by atoms with Crippen LogP contribution in [0.3, 0.4) is 0 Å². The van der Waals surface area contributed by atoms with E-state index in [1.807, 2.05) is 0 Å². The van der Waals surface area contributed by atoms with Crippen LogP contribution < -0.4 is 5.32 Å². The summed E-state index contributed by atoms with van der Waals surface area (Å²) in [6.45, 7) is 5.04. The van der Waals surface area contributed by atoms with Crippen LogP contribution in [-0.2, 0) is 21.3 Å². The molecule has 2 aromatic rings. The van der Waals surface area contributed by atoms with E-state index in [1.54, 1.807) is 26.8 Å². The molecule has 0 fully saturated rings. The zero-order chi connectivity index (χ0) is 16.3. The van der Waals surface area contributed by atoms with Gasteiger partial charge in [0, 0.05) is 16.4 Å². The Balaban J connectivity index is 2.04. The molecule has 1 aromatic carbocycles. The molecule has 0 unspecified atom stereocenters. The molecule has 1 N–H and O–H groups in total. The van der Waals surface area contributed by atoms with Gasteiger partial charge in [0.2, 0.25) is 5.91 Å². The van der Waals surface area contributed by atoms with Gasteiger partial charge < -0.3 is 9.84 Å². The van der Waals surface area contributed by atoms with Crippen molar-refractivity contribution in [3.63, 3.8) is 0 Å². The molecule has 5 nitrogen and oxygen atoms in total. The summed E-state index contributed by atoms with van der Waals surface area (Å²) in [5.41, 5.74) is 1.48. The fourth-order valence-corrected chi connectivity index (χ4v) is 3.14. The molecule has 0 radical (unpaired) electrons. The largest absolute Gasteiger partial charge is 0.361 e. The minimum absolute atomic E-state index is 0.0775. The van der Waals surface area contributed by atoms with Crippen molar-refractivity contribution in [2.45, 2.75) is 31.8 Å². The molecule has 0 spiro atoms. The van der Waals surface area contributed by atoms with Crippen LogP contribution in [0.1, 0.15) is 23.9 Å². The molecule has 1 heterocycles. The molecule has 0 bridgehead atoms. The molecule has 1 aromatic heterocycles. The maximum Gasteiger partial charge on any atom is 0.239 e. The number of benzene rings is 1. The maximum atomic E-state index is 13.5. The van der Waals surface area contributed by atoms with Crippen molar-refractivity contribution in [3.05, 3.63) is 47.1 Å². The van der Waals surface area contributed by atoms with E-state index in [-0.39, 0.29) is 11.4 Å². The molecular weight excluding hydrogens is 307 g/mol. The number of aromatic nitrogens is 1. The van der Waals surface area contributed by atoms with Gasteiger partial charge in [-0.15, -0.1) is 0 Å². The molecule has 0 aliphatic heterocycles. The summed E-state index contributed by atoms with van der Waals surface area (Å²) in [7, 11) is -1.46. The Morgan fingerprint density at radius 3 is 2.68 bits per heavy atom. The molecule has 0 aliphatic carbocycles. The van der Waals surface area contributed by atoms with Crippen molar-refractivity contribution in [1.29, 1.82) is 0 Å². The summed E-state index contributed by atoms with van der Waals surface area (Å²) in [5.74, 6) is -0.255. The first kappa shape index (κ1) is 16.4. The monoisotopic (exact) mass is 324 g/mol. The second-order valence-corrected chi connectivity index (χ2v) is 6.70. The standard InChI is InChI=1S/C15H17FN2O3S/c1-9-12(10(2)21-18-9)8-22(20)11(3)15(19)17-14-7-5-4-6-13(14)16/h4-7,11H,8H2,1-3H3,(H,17,19)/t11-,22+/m1/s1. The molecule has 0 saturated carbocycles. The van der Waals surface area contributed by atoms with Gasteiger partial charge >= 0.3 is 0 Å². The number of amides is 1. The average Bonchev–Trinajstić information content (AvgIpc) is 2.80. The highest BCUT2D eigenvalue weighted by Gasteiger charge is 2.23. The molecule has 118 valence electrons. The number of para-hydroxylation sites is 1. The van der Waals surface area contributed by atoms with Gasteiger partial charge in [-0.05, 0) is 32.9 Å². The number of hydrogen-bond acceptors (Lipinski definition) is 4. The lowest BCUT2D eigenvalue weighted by Gasteiger charge is -2.12. The van der Waals surface area contributed by atoms with Crippen LogP contribution >= 0.6 is 0 Å². The Kier molecular flexibility index (Phi) is 5.07. The SMILES string of the molecule is Cc1noc(C)c1C[S@](=O)[C@H](C)C(=O)Nc1ccccc1F. The van der Waals surface area contributed by atoms with E-state index < -0.39 is 27.8 Å². The molecule has 2 rings (SSSR count). The van der Waals surface area contributed by atoms with Gasteiger partial charge in [-0.2, -0.15) is 0 Å². The van der Waals surface area contributed by atoms with E-state index in [4.69, 9.17) is 4.52 Å². The van der Waals surface area contributed by atoms with Crippen LogP contribution in [-0.4, -0.2) is 20.5 Å². The van der Waals surface area contributed by atoms with E-state index in [0.717, 1.165) is 5.56 Å². The Bertz CT molecular complexity index is 695. The number of nitrogens with zero attached hydrogens (tertiary/aromatic N) is 1. The van der Waals surface area contributed by atoms with Crippen LogP contribution in [0.15, 0.2) is 28.8 Å². The Labute approximate surface area is 130 Å². The van der Waals surface area contributed by atoms with E-state index in [1.165, 1.54) is 18.2 Å². The van der Waals surface area contributed by atoms with Crippen LogP contribution in [0.5, 0.6) is 0 Å². The molecule has 1 amide bonds. The lowest BCUT2D eigenvalue weighted by Crippen LogP contribution is -2.30. The van der Waals surface area contributed by atoms with Gasteiger partial charge in [0.05, 0.1) is 17.1 Å². The third kappa shape index (κ3) is 3.59. The van der Waals surface area contributed by atoms with Crippen molar-refractivity contribution >= 4 is 22.4 Å². The Morgan fingerprint density at radius 1 is 1.41 bits per heavy atom. The minimum Gasteiger partial charge on any atom is -0.361 e. The van der Waals surface area contributed by atoms with Gasteiger partial charge in [-0.1, -0.05) is 17.3 Å². The van der Waals surface area contributed by atoms with E-state index in [0.29, 0.717) is 11.5 Å². The van der Waals surface area contributed by atoms with Crippen molar-refractivity contribution in [3.8, 4) is 0 Å². The van der Waals surface area contributed by atoms with E-state index in [2.05, 4.69) is 10.5 Å². The summed E-state index contributed by atoms with van der Waals surface area (Å²) in [4.78, 5) is 12.1. The molecule has 7 heteroatoms. The second kappa shape index (κ2) is 6.83. The number of carbonyl (C=O) groups is 1. The van der Waals surface area contributed by atoms with Gasteiger partial charge in [-0.25, -0.2) is 4.39 Å². The number of carbonyl (C=O) groups excluding carboxylic acids is 1. The van der Waals surface area contributed by atoms with Crippen LogP contribution in [0.2, 0.25) is 0 Å². The number of halogens is 1.